The predicted molar refractivity (Wildman–Crippen MR) is 125 cm³/mol. The Morgan fingerprint density at radius 2 is 1.82 bits per heavy atom. The molecule has 4 rings (SSSR count). The van der Waals surface area contributed by atoms with E-state index in [0.717, 1.165) is 19.2 Å². The molecular weight excluding hydrogens is 535 g/mol. The number of aliphatic hydroxyl groups is 1. The lowest BCUT2D eigenvalue weighted by molar-refractivity contribution is -0.153. The number of ketones is 1. The summed E-state index contributed by atoms with van der Waals surface area (Å²) in [6.45, 7) is 3.48. The molecule has 1 aromatic rings. The van der Waals surface area contributed by atoms with Gasteiger partial charge in [0.05, 0.1) is 36.5 Å². The van der Waals surface area contributed by atoms with Crippen LogP contribution in [0.25, 0.3) is 0 Å². The molecule has 0 amide bonds. The molecule has 0 spiro atoms. The minimum absolute atomic E-state index is 0.143. The molecular formula is C25H25ClF3NO8. The van der Waals surface area contributed by atoms with Crippen molar-refractivity contribution in [2.75, 3.05) is 20.3 Å². The van der Waals surface area contributed by atoms with Crippen molar-refractivity contribution >= 4 is 29.3 Å². The Kier molecular flexibility index (Phi) is 7.38. The number of nitrogens with one attached hydrogen (secondary N) is 1. The van der Waals surface area contributed by atoms with E-state index in [4.69, 9.17) is 30.5 Å². The van der Waals surface area contributed by atoms with Gasteiger partial charge in [0, 0.05) is 29.8 Å². The van der Waals surface area contributed by atoms with Crippen LogP contribution in [0.4, 0.5) is 13.2 Å². The highest BCUT2D eigenvalue weighted by Crippen LogP contribution is 2.48. The van der Waals surface area contributed by atoms with Crippen LogP contribution in [0.15, 0.2) is 40.7 Å². The van der Waals surface area contributed by atoms with E-state index in [9.17, 15) is 32.7 Å². The monoisotopic (exact) mass is 559 g/mol. The Morgan fingerprint density at radius 1 is 1.16 bits per heavy atom. The topological polar surface area (TPSA) is 120 Å². The first-order valence-corrected chi connectivity index (χ1v) is 11.9. The summed E-state index contributed by atoms with van der Waals surface area (Å²) in [5, 5.41) is 13.7. The third-order valence-electron chi connectivity index (χ3n) is 6.84. The fraction of sp³-hybridized carbons (Fsp3) is 0.480. The maximum Gasteiger partial charge on any atom is 0.417 e. The maximum absolute atomic E-state index is 14.1. The SMILES string of the molecule is COC(=O)C1=C(C)NC(C)=C(C(=O)[C@@]2(O)CO[C@@H]3[C@@H](OC(C)=O)CO[C@@H]32)C1c1cccc(C(F)(F)F)c1Cl. The molecule has 0 saturated carbocycles. The molecule has 3 heterocycles. The second-order valence-corrected chi connectivity index (χ2v) is 9.64. The molecule has 3 aliphatic rings. The molecule has 5 atom stereocenters. The van der Waals surface area contributed by atoms with Gasteiger partial charge in [0.2, 0.25) is 0 Å². The summed E-state index contributed by atoms with van der Waals surface area (Å²) in [5.41, 5.74) is -3.64. The van der Waals surface area contributed by atoms with Crippen LogP contribution in [0.1, 0.15) is 37.8 Å². The van der Waals surface area contributed by atoms with Crippen molar-refractivity contribution < 1.29 is 51.6 Å². The highest BCUT2D eigenvalue weighted by molar-refractivity contribution is 6.32. The van der Waals surface area contributed by atoms with Crippen molar-refractivity contribution in [2.24, 2.45) is 0 Å². The van der Waals surface area contributed by atoms with Crippen LogP contribution >= 0.6 is 11.6 Å². The summed E-state index contributed by atoms with van der Waals surface area (Å²) >= 11 is 6.25. The van der Waals surface area contributed by atoms with Gasteiger partial charge in [0.25, 0.3) is 0 Å². The highest BCUT2D eigenvalue weighted by atomic mass is 35.5. The van der Waals surface area contributed by atoms with Gasteiger partial charge in [-0.25, -0.2) is 4.79 Å². The largest absolute Gasteiger partial charge is 0.466 e. The number of carbonyl (C=O) groups excluding carboxylic acids is 3. The zero-order chi connectivity index (χ0) is 28.2. The number of ether oxygens (including phenoxy) is 4. The summed E-state index contributed by atoms with van der Waals surface area (Å²) in [5.74, 6) is -3.90. The van der Waals surface area contributed by atoms with E-state index >= 15 is 0 Å². The van der Waals surface area contributed by atoms with Crippen molar-refractivity contribution in [1.82, 2.24) is 5.32 Å². The van der Waals surface area contributed by atoms with Crippen molar-refractivity contribution in [3.05, 3.63) is 56.9 Å². The Bertz CT molecular complexity index is 1260. The summed E-state index contributed by atoms with van der Waals surface area (Å²) in [7, 11) is 1.09. The summed E-state index contributed by atoms with van der Waals surface area (Å²) in [4.78, 5) is 38.4. The average Bonchev–Trinajstić information content (AvgIpc) is 3.38. The molecule has 0 aromatic heterocycles. The zero-order valence-corrected chi connectivity index (χ0v) is 21.5. The van der Waals surface area contributed by atoms with Crippen LogP contribution in [0.3, 0.4) is 0 Å². The van der Waals surface area contributed by atoms with Gasteiger partial charge < -0.3 is 29.4 Å². The van der Waals surface area contributed by atoms with E-state index < -0.39 is 70.9 Å². The van der Waals surface area contributed by atoms with Gasteiger partial charge in [-0.3, -0.25) is 9.59 Å². The number of carbonyl (C=O) groups is 3. The van der Waals surface area contributed by atoms with Gasteiger partial charge in [-0.2, -0.15) is 13.2 Å². The summed E-state index contributed by atoms with van der Waals surface area (Å²) in [6.07, 6.45) is -7.90. The van der Waals surface area contributed by atoms with Gasteiger partial charge in [-0.15, -0.1) is 0 Å². The van der Waals surface area contributed by atoms with Gasteiger partial charge in [-0.05, 0) is 25.5 Å². The van der Waals surface area contributed by atoms with Crippen LogP contribution in [0, 0.1) is 0 Å². The minimum Gasteiger partial charge on any atom is -0.466 e. The molecule has 3 aliphatic heterocycles. The molecule has 9 nitrogen and oxygen atoms in total. The van der Waals surface area contributed by atoms with Gasteiger partial charge in [0.1, 0.15) is 12.2 Å². The maximum atomic E-state index is 14.1. The normalized spacial score (nSPS) is 29.2. The van der Waals surface area contributed by atoms with E-state index in [-0.39, 0.29) is 34.7 Å². The quantitative estimate of drug-likeness (QED) is 0.525. The molecule has 0 bridgehead atoms. The van der Waals surface area contributed by atoms with Crippen LogP contribution in [-0.4, -0.2) is 67.1 Å². The number of benzene rings is 1. The molecule has 13 heteroatoms. The van der Waals surface area contributed by atoms with Crippen LogP contribution in [0.2, 0.25) is 5.02 Å². The molecule has 2 N–H and O–H groups in total. The Labute approximate surface area is 220 Å². The number of allylic oxidation sites excluding steroid dienone is 2. The number of hydrogen-bond acceptors (Lipinski definition) is 9. The van der Waals surface area contributed by atoms with Gasteiger partial charge in [0.15, 0.2) is 17.5 Å². The van der Waals surface area contributed by atoms with Crippen molar-refractivity contribution in [1.29, 1.82) is 0 Å². The first-order chi connectivity index (χ1) is 17.7. The lowest BCUT2D eigenvalue weighted by atomic mass is 9.74. The second kappa shape index (κ2) is 9.99. The zero-order valence-electron chi connectivity index (χ0n) is 20.8. The fourth-order valence-corrected chi connectivity index (χ4v) is 5.56. The van der Waals surface area contributed by atoms with Gasteiger partial charge in [-0.1, -0.05) is 23.7 Å². The molecule has 206 valence electrons. The van der Waals surface area contributed by atoms with E-state index in [1.54, 1.807) is 0 Å². The Hall–Kier alpha value is -2.93. The number of methoxy groups -OCH3 is 1. The first-order valence-electron chi connectivity index (χ1n) is 11.5. The van der Waals surface area contributed by atoms with E-state index in [1.807, 2.05) is 0 Å². The standard InChI is InChI=1S/C25H25ClF3NO8/c1-10-16(21(32)24(34)9-37-20-15(38-12(3)31)8-36-22(20)24)18(17(11(2)30-10)23(33)35-4)13-6-5-7-14(19(13)26)25(27,28)29/h5-7,15,18,20,22,30,34H,8-9H2,1-4H3/t15-,18?,20+,22-,24-/m0/s1. The average molecular weight is 560 g/mol. The third-order valence-corrected chi connectivity index (χ3v) is 7.26. The smallest absolute Gasteiger partial charge is 0.417 e. The number of alkyl halides is 3. The first kappa shape index (κ1) is 28.1. The van der Waals surface area contributed by atoms with E-state index in [2.05, 4.69) is 5.32 Å². The van der Waals surface area contributed by atoms with E-state index in [0.29, 0.717) is 0 Å². The molecule has 1 aromatic carbocycles. The molecule has 2 saturated heterocycles. The molecule has 0 radical (unpaired) electrons. The minimum atomic E-state index is -4.82. The number of fused-ring (bicyclic) bond motifs is 1. The predicted octanol–water partition coefficient (Wildman–Crippen LogP) is 2.80. The number of dihydropyridines is 1. The van der Waals surface area contributed by atoms with Crippen LogP contribution in [-0.2, 0) is 39.5 Å². The number of esters is 2. The lowest BCUT2D eigenvalue weighted by Crippen LogP contribution is -2.53. The molecule has 38 heavy (non-hydrogen) atoms. The summed E-state index contributed by atoms with van der Waals surface area (Å²) in [6, 6.07) is 3.16. The molecule has 1 unspecified atom stereocenters. The second-order valence-electron chi connectivity index (χ2n) is 9.26. The number of Topliss-reactive ketones (excluding diaryl/α,β-unsaturated/α-hetero) is 1. The lowest BCUT2D eigenvalue weighted by Gasteiger charge is -2.35. The van der Waals surface area contributed by atoms with Crippen molar-refractivity contribution in [3.8, 4) is 0 Å². The Morgan fingerprint density at radius 3 is 2.42 bits per heavy atom. The van der Waals surface area contributed by atoms with Crippen molar-refractivity contribution in [2.45, 2.75) is 56.8 Å². The molecule has 2 fully saturated rings. The number of rotatable bonds is 5. The number of halogens is 4. The third kappa shape index (κ3) is 4.59. The summed E-state index contributed by atoms with van der Waals surface area (Å²) < 4.78 is 62.4. The highest BCUT2D eigenvalue weighted by Gasteiger charge is 2.62. The van der Waals surface area contributed by atoms with Crippen molar-refractivity contribution in [3.63, 3.8) is 0 Å². The number of hydrogen-bond donors (Lipinski definition) is 2. The van der Waals surface area contributed by atoms with Crippen LogP contribution in [0.5, 0.6) is 0 Å². The fourth-order valence-electron chi connectivity index (χ4n) is 5.21. The van der Waals surface area contributed by atoms with Gasteiger partial charge >= 0.3 is 18.1 Å². The van der Waals surface area contributed by atoms with E-state index in [1.165, 1.54) is 26.8 Å². The van der Waals surface area contributed by atoms with Crippen LogP contribution < -0.4 is 5.32 Å². The molecule has 0 aliphatic carbocycles. The Balaban J connectivity index is 1.85.